The Hall–Kier alpha value is -2.27. The number of hydrogen-bond donors (Lipinski definition) is 1. The molecule has 3 rings (SSSR count). The van der Waals surface area contributed by atoms with Gasteiger partial charge in [-0.05, 0) is 35.4 Å². The van der Waals surface area contributed by atoms with Crippen molar-refractivity contribution in [1.82, 2.24) is 5.32 Å². The van der Waals surface area contributed by atoms with Gasteiger partial charge < -0.3 is 14.8 Å². The van der Waals surface area contributed by atoms with Crippen molar-refractivity contribution in [2.24, 2.45) is 0 Å². The number of nitrogens with one attached hydrogen (secondary N) is 1. The molecule has 0 heterocycles. The summed E-state index contributed by atoms with van der Waals surface area (Å²) >= 11 is 6.17. The summed E-state index contributed by atoms with van der Waals surface area (Å²) in [5.41, 5.74) is 2.61. The summed E-state index contributed by atoms with van der Waals surface area (Å²) in [5, 5.41) is 4.11. The molecule has 3 aromatic rings. The highest BCUT2D eigenvalue weighted by atomic mass is 35.5. The van der Waals surface area contributed by atoms with Gasteiger partial charge in [-0.2, -0.15) is 0 Å². The summed E-state index contributed by atoms with van der Waals surface area (Å²) in [4.78, 5) is 0. The van der Waals surface area contributed by atoms with Crippen molar-refractivity contribution in [3.63, 3.8) is 0 Å². The fourth-order valence-corrected chi connectivity index (χ4v) is 2.90. The lowest BCUT2D eigenvalue weighted by Gasteiger charge is -2.13. The molecule has 0 bridgehead atoms. The Kier molecular flexibility index (Phi) is 8.58. The molecule has 6 heteroatoms. The Labute approximate surface area is 175 Å². The molecule has 0 aliphatic rings. The van der Waals surface area contributed by atoms with Crippen LogP contribution in [0.15, 0.2) is 66.7 Å². The molecule has 0 spiro atoms. The third-order valence-corrected chi connectivity index (χ3v) is 4.54. The van der Waals surface area contributed by atoms with Crippen LogP contribution in [0.4, 0.5) is 4.39 Å². The molecule has 3 aromatic carbocycles. The molecule has 0 saturated carbocycles. The molecular weight excluding hydrogens is 400 g/mol. The molecule has 148 valence electrons. The summed E-state index contributed by atoms with van der Waals surface area (Å²) in [7, 11) is 1.59. The number of halogens is 3. The second-order valence-electron chi connectivity index (χ2n) is 6.06. The van der Waals surface area contributed by atoms with E-state index in [1.54, 1.807) is 25.3 Å². The van der Waals surface area contributed by atoms with Gasteiger partial charge in [0.05, 0.1) is 7.11 Å². The van der Waals surface area contributed by atoms with E-state index in [4.69, 9.17) is 21.1 Å². The van der Waals surface area contributed by atoms with Crippen molar-refractivity contribution in [3.8, 4) is 11.5 Å². The Balaban J connectivity index is 0.00000280. The van der Waals surface area contributed by atoms with E-state index < -0.39 is 0 Å². The molecule has 0 atom stereocenters. The van der Waals surface area contributed by atoms with Crippen molar-refractivity contribution in [2.45, 2.75) is 19.7 Å². The average molecular weight is 422 g/mol. The van der Waals surface area contributed by atoms with E-state index in [0.29, 0.717) is 30.2 Å². The van der Waals surface area contributed by atoms with E-state index in [2.05, 4.69) is 5.32 Å². The minimum Gasteiger partial charge on any atom is -0.493 e. The summed E-state index contributed by atoms with van der Waals surface area (Å²) in [5.74, 6) is 0.913. The minimum atomic E-state index is -0.281. The lowest BCUT2D eigenvalue weighted by atomic mass is 10.1. The molecule has 0 saturated heterocycles. The van der Waals surface area contributed by atoms with Gasteiger partial charge in [-0.1, -0.05) is 54.1 Å². The monoisotopic (exact) mass is 421 g/mol. The van der Waals surface area contributed by atoms with Gasteiger partial charge in [-0.15, -0.1) is 12.4 Å². The summed E-state index contributed by atoms with van der Waals surface area (Å²) in [6.45, 7) is 1.48. The molecular formula is C22H22Cl2FNO2. The maximum atomic E-state index is 13.7. The predicted molar refractivity (Wildman–Crippen MR) is 113 cm³/mol. The van der Waals surface area contributed by atoms with Crippen LogP contribution in [-0.4, -0.2) is 7.11 Å². The molecule has 0 aromatic heterocycles. The molecule has 0 fully saturated rings. The van der Waals surface area contributed by atoms with Gasteiger partial charge in [0, 0.05) is 23.7 Å². The minimum absolute atomic E-state index is 0. The van der Waals surface area contributed by atoms with Crippen molar-refractivity contribution in [2.75, 3.05) is 7.11 Å². The van der Waals surface area contributed by atoms with Crippen LogP contribution < -0.4 is 14.8 Å². The topological polar surface area (TPSA) is 30.5 Å². The number of hydrogen-bond acceptors (Lipinski definition) is 3. The SMILES string of the molecule is COc1cc(CNCc2ccccc2Cl)ccc1OCc1ccccc1F.Cl. The second kappa shape index (κ2) is 10.9. The van der Waals surface area contributed by atoms with Crippen molar-refractivity contribution in [3.05, 3.63) is 94.3 Å². The fourth-order valence-electron chi connectivity index (χ4n) is 2.70. The van der Waals surface area contributed by atoms with Crippen molar-refractivity contribution < 1.29 is 13.9 Å². The first-order valence-electron chi connectivity index (χ1n) is 8.64. The summed E-state index contributed by atoms with van der Waals surface area (Å²) < 4.78 is 24.9. The molecule has 1 N–H and O–H groups in total. The Bertz CT molecular complexity index is 905. The van der Waals surface area contributed by atoms with Crippen molar-refractivity contribution >= 4 is 24.0 Å². The van der Waals surface area contributed by atoms with E-state index in [-0.39, 0.29) is 24.8 Å². The molecule has 0 aliphatic carbocycles. The normalized spacial score (nSPS) is 10.2. The zero-order chi connectivity index (χ0) is 19.1. The molecule has 0 aliphatic heterocycles. The van der Waals surface area contributed by atoms with E-state index in [0.717, 1.165) is 16.1 Å². The van der Waals surface area contributed by atoms with Crippen LogP contribution in [0.25, 0.3) is 0 Å². The predicted octanol–water partition coefficient (Wildman–Crippen LogP) is 5.78. The molecule has 28 heavy (non-hydrogen) atoms. The summed E-state index contributed by atoms with van der Waals surface area (Å²) in [6.07, 6.45) is 0. The highest BCUT2D eigenvalue weighted by molar-refractivity contribution is 6.31. The largest absolute Gasteiger partial charge is 0.493 e. The number of methoxy groups -OCH3 is 1. The molecule has 0 radical (unpaired) electrons. The van der Waals surface area contributed by atoms with Crippen molar-refractivity contribution in [1.29, 1.82) is 0 Å². The Morgan fingerprint density at radius 2 is 1.61 bits per heavy atom. The van der Waals surface area contributed by atoms with Crippen LogP contribution in [0, 0.1) is 5.82 Å². The van der Waals surface area contributed by atoms with E-state index in [9.17, 15) is 4.39 Å². The quantitative estimate of drug-likeness (QED) is 0.499. The van der Waals surface area contributed by atoms with Gasteiger partial charge in [0.15, 0.2) is 11.5 Å². The van der Waals surface area contributed by atoms with Gasteiger partial charge in [0.2, 0.25) is 0 Å². The number of benzene rings is 3. The first kappa shape index (κ1) is 22.0. The van der Waals surface area contributed by atoms with Crippen LogP contribution in [0.2, 0.25) is 5.02 Å². The van der Waals surface area contributed by atoms with Gasteiger partial charge >= 0.3 is 0 Å². The third kappa shape index (κ3) is 5.86. The standard InChI is InChI=1S/C22H21ClFNO2.ClH/c1-26-22-12-16(13-25-14-17-6-2-4-8-19(17)23)10-11-21(22)27-15-18-7-3-5-9-20(18)24;/h2-12,25H,13-15H2,1H3;1H. The van der Waals surface area contributed by atoms with Crippen LogP contribution in [0.5, 0.6) is 11.5 Å². The van der Waals surface area contributed by atoms with E-state index in [1.807, 2.05) is 42.5 Å². The van der Waals surface area contributed by atoms with Crippen LogP contribution in [0.3, 0.4) is 0 Å². The summed E-state index contributed by atoms with van der Waals surface area (Å²) in [6, 6.07) is 20.0. The lowest BCUT2D eigenvalue weighted by molar-refractivity contribution is 0.279. The maximum Gasteiger partial charge on any atom is 0.161 e. The van der Waals surface area contributed by atoms with E-state index >= 15 is 0 Å². The number of rotatable bonds is 8. The van der Waals surface area contributed by atoms with Crippen LogP contribution in [0.1, 0.15) is 16.7 Å². The Morgan fingerprint density at radius 1 is 0.893 bits per heavy atom. The third-order valence-electron chi connectivity index (χ3n) is 4.17. The smallest absolute Gasteiger partial charge is 0.161 e. The fraction of sp³-hybridized carbons (Fsp3) is 0.182. The molecule has 3 nitrogen and oxygen atoms in total. The van der Waals surface area contributed by atoms with Crippen LogP contribution in [-0.2, 0) is 19.7 Å². The molecule has 0 unspecified atom stereocenters. The Morgan fingerprint density at radius 3 is 2.32 bits per heavy atom. The maximum absolute atomic E-state index is 13.7. The second-order valence-corrected chi connectivity index (χ2v) is 6.47. The zero-order valence-corrected chi connectivity index (χ0v) is 17.0. The van der Waals surface area contributed by atoms with E-state index in [1.165, 1.54) is 6.07 Å². The first-order chi connectivity index (χ1) is 13.2. The highest BCUT2D eigenvalue weighted by Crippen LogP contribution is 2.29. The zero-order valence-electron chi connectivity index (χ0n) is 15.5. The first-order valence-corrected chi connectivity index (χ1v) is 9.02. The van der Waals surface area contributed by atoms with Gasteiger partial charge in [0.25, 0.3) is 0 Å². The van der Waals surface area contributed by atoms with Gasteiger partial charge in [-0.3, -0.25) is 0 Å². The van der Waals surface area contributed by atoms with Gasteiger partial charge in [0.1, 0.15) is 12.4 Å². The lowest BCUT2D eigenvalue weighted by Crippen LogP contribution is -2.13. The van der Waals surface area contributed by atoms with Gasteiger partial charge in [-0.25, -0.2) is 4.39 Å². The number of ether oxygens (including phenoxy) is 2. The van der Waals surface area contributed by atoms with Crippen LogP contribution >= 0.6 is 24.0 Å². The highest BCUT2D eigenvalue weighted by Gasteiger charge is 2.08. The average Bonchev–Trinajstić information content (AvgIpc) is 2.69. The molecule has 0 amide bonds.